The number of ether oxygens (including phenoxy) is 1. The molecule has 1 saturated heterocycles. The highest BCUT2D eigenvalue weighted by molar-refractivity contribution is 5.67. The Morgan fingerprint density at radius 1 is 1.31 bits per heavy atom. The van der Waals surface area contributed by atoms with Crippen molar-refractivity contribution in [1.82, 2.24) is 19.4 Å². The summed E-state index contributed by atoms with van der Waals surface area (Å²) in [5.74, 6) is 0.789. The number of nitrogens with two attached hydrogens (primary N) is 1. The van der Waals surface area contributed by atoms with Crippen LogP contribution in [0.15, 0.2) is 24.3 Å². The number of benzene rings is 1. The van der Waals surface area contributed by atoms with E-state index in [2.05, 4.69) is 23.3 Å². The Balaban J connectivity index is 1.38. The number of methoxy groups -OCH3 is 1. The van der Waals surface area contributed by atoms with Crippen molar-refractivity contribution in [1.29, 1.82) is 0 Å². The second kappa shape index (κ2) is 9.58. The molecule has 0 saturated carbocycles. The van der Waals surface area contributed by atoms with Crippen molar-refractivity contribution in [3.63, 3.8) is 0 Å². The number of amides is 1. The lowest BCUT2D eigenvalue weighted by Crippen LogP contribution is -2.42. The van der Waals surface area contributed by atoms with Crippen molar-refractivity contribution in [3.8, 4) is 0 Å². The van der Waals surface area contributed by atoms with Crippen LogP contribution in [-0.2, 0) is 17.7 Å². The van der Waals surface area contributed by atoms with Gasteiger partial charge in [0.1, 0.15) is 11.6 Å². The Morgan fingerprint density at radius 2 is 2.06 bits per heavy atom. The first-order chi connectivity index (χ1) is 15.4. The third-order valence-electron chi connectivity index (χ3n) is 7.02. The van der Waals surface area contributed by atoms with Crippen molar-refractivity contribution in [2.45, 2.75) is 64.2 Å². The predicted molar refractivity (Wildman–Crippen MR) is 121 cm³/mol. The molecule has 1 fully saturated rings. The molecule has 1 amide bonds. The van der Waals surface area contributed by atoms with Gasteiger partial charge < -0.3 is 24.8 Å². The Hall–Kier alpha value is -2.45. The highest BCUT2D eigenvalue weighted by Crippen LogP contribution is 2.31. The lowest BCUT2D eigenvalue weighted by molar-refractivity contribution is 0.113. The monoisotopic (exact) mass is 443 g/mol. The fourth-order valence-corrected chi connectivity index (χ4v) is 5.26. The van der Waals surface area contributed by atoms with Crippen LogP contribution in [0.5, 0.6) is 0 Å². The van der Waals surface area contributed by atoms with E-state index in [1.807, 2.05) is 6.07 Å². The van der Waals surface area contributed by atoms with Gasteiger partial charge in [0.05, 0.1) is 25.0 Å². The van der Waals surface area contributed by atoms with Crippen LogP contribution in [-0.4, -0.2) is 58.2 Å². The number of carbonyl (C=O) groups excluding carboxylic acids is 1. The van der Waals surface area contributed by atoms with E-state index in [0.29, 0.717) is 25.2 Å². The number of fused-ring (bicyclic) bond motifs is 1. The maximum atomic E-state index is 13.5. The molecule has 4 rings (SSSR count). The SMILES string of the molecule is COC(=O)N1CCc2nc(C)n(C3CCN(C(C)C[C@H](N)c4cccc(F)c4)CC3)c2C1. The van der Waals surface area contributed by atoms with Crippen molar-refractivity contribution in [2.75, 3.05) is 26.7 Å². The summed E-state index contributed by atoms with van der Waals surface area (Å²) in [5, 5.41) is 0. The minimum Gasteiger partial charge on any atom is -0.453 e. The van der Waals surface area contributed by atoms with Crippen LogP contribution in [0, 0.1) is 12.7 Å². The molecule has 2 atom stereocenters. The van der Waals surface area contributed by atoms with Crippen molar-refractivity contribution < 1.29 is 13.9 Å². The predicted octanol–water partition coefficient (Wildman–Crippen LogP) is 3.57. The van der Waals surface area contributed by atoms with E-state index in [4.69, 9.17) is 15.5 Å². The quantitative estimate of drug-likeness (QED) is 0.765. The number of halogens is 1. The molecular weight excluding hydrogens is 409 g/mol. The smallest absolute Gasteiger partial charge is 0.409 e. The number of carbonyl (C=O) groups is 1. The van der Waals surface area contributed by atoms with Gasteiger partial charge in [0.2, 0.25) is 0 Å². The minimum absolute atomic E-state index is 0.175. The zero-order valence-electron chi connectivity index (χ0n) is 19.3. The van der Waals surface area contributed by atoms with E-state index in [0.717, 1.165) is 61.5 Å². The Kier molecular flexibility index (Phi) is 6.81. The number of rotatable bonds is 5. The summed E-state index contributed by atoms with van der Waals surface area (Å²) >= 11 is 0. The van der Waals surface area contributed by atoms with Crippen LogP contribution in [0.25, 0.3) is 0 Å². The molecule has 32 heavy (non-hydrogen) atoms. The number of hydrogen-bond donors (Lipinski definition) is 1. The van der Waals surface area contributed by atoms with Crippen molar-refractivity contribution in [3.05, 3.63) is 52.9 Å². The third-order valence-corrected chi connectivity index (χ3v) is 7.02. The normalized spacial score (nSPS) is 19.5. The van der Waals surface area contributed by atoms with Crippen LogP contribution >= 0.6 is 0 Å². The molecule has 2 aromatic rings. The number of hydrogen-bond acceptors (Lipinski definition) is 5. The van der Waals surface area contributed by atoms with E-state index < -0.39 is 0 Å². The molecule has 0 spiro atoms. The van der Waals surface area contributed by atoms with Crippen LogP contribution in [0.2, 0.25) is 0 Å². The van der Waals surface area contributed by atoms with Gasteiger partial charge in [0, 0.05) is 44.2 Å². The summed E-state index contributed by atoms with van der Waals surface area (Å²) in [7, 11) is 1.43. The number of piperidine rings is 1. The molecule has 2 aliphatic heterocycles. The van der Waals surface area contributed by atoms with Crippen molar-refractivity contribution in [2.24, 2.45) is 5.73 Å². The Bertz CT molecular complexity index is 954. The second-order valence-electron chi connectivity index (χ2n) is 9.08. The molecule has 0 bridgehead atoms. The Morgan fingerprint density at radius 3 is 2.75 bits per heavy atom. The molecule has 2 aliphatic rings. The van der Waals surface area contributed by atoms with Crippen LogP contribution in [0.4, 0.5) is 9.18 Å². The number of nitrogens with zero attached hydrogens (tertiary/aromatic N) is 4. The van der Waals surface area contributed by atoms with Gasteiger partial charge >= 0.3 is 6.09 Å². The van der Waals surface area contributed by atoms with Gasteiger partial charge in [-0.3, -0.25) is 0 Å². The number of likely N-dealkylation sites (tertiary alicyclic amines) is 1. The number of aromatic nitrogens is 2. The first-order valence-corrected chi connectivity index (χ1v) is 11.5. The van der Waals surface area contributed by atoms with Crippen LogP contribution in [0.3, 0.4) is 0 Å². The van der Waals surface area contributed by atoms with Gasteiger partial charge in [-0.05, 0) is 50.8 Å². The highest BCUT2D eigenvalue weighted by Gasteiger charge is 2.31. The summed E-state index contributed by atoms with van der Waals surface area (Å²) in [5.41, 5.74) is 9.48. The molecule has 1 aromatic heterocycles. The van der Waals surface area contributed by atoms with E-state index in [1.54, 1.807) is 11.0 Å². The average molecular weight is 444 g/mol. The summed E-state index contributed by atoms with van der Waals surface area (Å²) in [6.07, 6.45) is 3.34. The fraction of sp³-hybridized carbons (Fsp3) is 0.583. The van der Waals surface area contributed by atoms with Gasteiger partial charge in [-0.25, -0.2) is 14.2 Å². The summed E-state index contributed by atoms with van der Waals surface area (Å²) in [4.78, 5) is 21.1. The van der Waals surface area contributed by atoms with Gasteiger partial charge in [-0.15, -0.1) is 0 Å². The molecule has 0 radical (unpaired) electrons. The molecular formula is C24H34FN5O2. The maximum absolute atomic E-state index is 13.5. The zero-order chi connectivity index (χ0) is 22.8. The highest BCUT2D eigenvalue weighted by atomic mass is 19.1. The zero-order valence-corrected chi connectivity index (χ0v) is 19.3. The number of imidazole rings is 1. The lowest BCUT2D eigenvalue weighted by atomic mass is 9.97. The van der Waals surface area contributed by atoms with Gasteiger partial charge in [0.15, 0.2) is 0 Å². The lowest BCUT2D eigenvalue weighted by Gasteiger charge is -2.38. The Labute approximate surface area is 189 Å². The second-order valence-corrected chi connectivity index (χ2v) is 9.08. The summed E-state index contributed by atoms with van der Waals surface area (Å²) in [6.45, 7) is 7.44. The van der Waals surface area contributed by atoms with Gasteiger partial charge in [-0.1, -0.05) is 12.1 Å². The molecule has 8 heteroatoms. The minimum atomic E-state index is -0.278. The van der Waals surface area contributed by atoms with E-state index in [9.17, 15) is 9.18 Å². The third kappa shape index (κ3) is 4.66. The molecule has 2 N–H and O–H groups in total. The topological polar surface area (TPSA) is 76.6 Å². The first-order valence-electron chi connectivity index (χ1n) is 11.5. The standard InChI is InChI=1S/C24H34FN5O2/c1-16(13-21(26)18-5-4-6-19(25)14-18)28-10-7-20(8-11-28)30-17(2)27-22-9-12-29(15-23(22)30)24(31)32-3/h4-6,14,16,20-21H,7-13,15,26H2,1-3H3/t16?,21-/m0/s1. The van der Waals surface area contributed by atoms with E-state index in [1.165, 1.54) is 19.2 Å². The van der Waals surface area contributed by atoms with E-state index >= 15 is 0 Å². The maximum Gasteiger partial charge on any atom is 0.409 e. The number of aryl methyl sites for hydroxylation is 1. The van der Waals surface area contributed by atoms with Gasteiger partial charge in [0.25, 0.3) is 0 Å². The van der Waals surface area contributed by atoms with Crippen LogP contribution < -0.4 is 5.73 Å². The molecule has 7 nitrogen and oxygen atoms in total. The molecule has 0 aliphatic carbocycles. The average Bonchev–Trinajstić information content (AvgIpc) is 3.13. The largest absolute Gasteiger partial charge is 0.453 e. The summed E-state index contributed by atoms with van der Waals surface area (Å²) in [6, 6.07) is 7.13. The van der Waals surface area contributed by atoms with Crippen molar-refractivity contribution >= 4 is 6.09 Å². The first kappa shape index (κ1) is 22.7. The molecule has 174 valence electrons. The molecule has 3 heterocycles. The van der Waals surface area contributed by atoms with Crippen LogP contribution in [0.1, 0.15) is 61.0 Å². The molecule has 1 aromatic carbocycles. The van der Waals surface area contributed by atoms with E-state index in [-0.39, 0.29) is 18.0 Å². The molecule has 1 unspecified atom stereocenters. The van der Waals surface area contributed by atoms with Gasteiger partial charge in [-0.2, -0.15) is 0 Å². The fourth-order valence-electron chi connectivity index (χ4n) is 5.26. The summed E-state index contributed by atoms with van der Waals surface area (Å²) < 4.78 is 20.8.